The molecule has 1 aliphatic rings. The van der Waals surface area contributed by atoms with Crippen molar-refractivity contribution < 1.29 is 14.5 Å². The molecule has 0 atom stereocenters. The first-order valence-corrected chi connectivity index (χ1v) is 11.7. The third-order valence-electron chi connectivity index (χ3n) is 6.05. The number of fused-ring (bicyclic) bond motifs is 1. The number of primary amides is 1. The number of aryl methyl sites for hydroxylation is 1. The maximum Gasteiger partial charge on any atom is 0.271 e. The van der Waals surface area contributed by atoms with Crippen molar-refractivity contribution in [2.75, 3.05) is 17.3 Å². The molecular weight excluding hydrogens is 464 g/mol. The Morgan fingerprint density at radius 2 is 1.86 bits per heavy atom. The molecule has 0 fully saturated rings. The standard InChI is InChI=1S/C26H26N4O4S/c1-34-24-14-13-19(30(32)33)16-21(24)28-26(35)29(22-11-5-3-8-18(22)15-25(27)31)23-12-6-9-17-7-2-4-10-20(17)23/h3,5-6,8-9,11-14,16H,2,4,7,10,15H2,1H3,(H2,27,31)(H,28,35). The van der Waals surface area contributed by atoms with E-state index in [9.17, 15) is 14.9 Å². The van der Waals surface area contributed by atoms with Gasteiger partial charge < -0.3 is 15.8 Å². The fourth-order valence-electron chi connectivity index (χ4n) is 4.46. The number of benzene rings is 3. The second kappa shape index (κ2) is 10.5. The third-order valence-corrected chi connectivity index (χ3v) is 6.33. The summed E-state index contributed by atoms with van der Waals surface area (Å²) in [6, 6.07) is 17.9. The Labute approximate surface area is 208 Å². The number of nitrogens with one attached hydrogen (secondary N) is 1. The van der Waals surface area contributed by atoms with Crippen LogP contribution >= 0.6 is 12.2 Å². The number of nitro groups is 1. The van der Waals surface area contributed by atoms with E-state index in [1.165, 1.54) is 36.4 Å². The smallest absolute Gasteiger partial charge is 0.271 e. The van der Waals surface area contributed by atoms with Crippen LogP contribution in [0.1, 0.15) is 29.5 Å². The molecule has 0 spiro atoms. The first-order chi connectivity index (χ1) is 16.9. The summed E-state index contributed by atoms with van der Waals surface area (Å²) in [6.45, 7) is 0. The number of non-ortho nitro benzene ring substituents is 1. The molecular formula is C26H26N4O4S. The predicted octanol–water partition coefficient (Wildman–Crippen LogP) is 5.05. The Balaban J connectivity index is 1.84. The normalized spacial score (nSPS) is 12.4. The van der Waals surface area contributed by atoms with Crippen molar-refractivity contribution in [3.63, 3.8) is 0 Å². The second-order valence-electron chi connectivity index (χ2n) is 8.30. The number of para-hydroxylation sites is 1. The fourth-order valence-corrected chi connectivity index (χ4v) is 4.77. The van der Waals surface area contributed by atoms with E-state index in [1.54, 1.807) is 0 Å². The number of nitrogens with zero attached hydrogens (tertiary/aromatic N) is 2. The number of carbonyl (C=O) groups is 1. The van der Waals surface area contributed by atoms with Gasteiger partial charge in [0, 0.05) is 12.1 Å². The first-order valence-electron chi connectivity index (χ1n) is 11.3. The number of methoxy groups -OCH3 is 1. The van der Waals surface area contributed by atoms with Gasteiger partial charge in [-0.1, -0.05) is 30.3 Å². The Morgan fingerprint density at radius 3 is 2.60 bits per heavy atom. The van der Waals surface area contributed by atoms with E-state index < -0.39 is 10.8 Å². The van der Waals surface area contributed by atoms with Gasteiger partial charge in [0.15, 0.2) is 5.11 Å². The van der Waals surface area contributed by atoms with Crippen LogP contribution in [0.25, 0.3) is 0 Å². The highest BCUT2D eigenvalue weighted by atomic mass is 32.1. The largest absolute Gasteiger partial charge is 0.495 e. The molecule has 4 rings (SSSR count). The molecule has 0 saturated heterocycles. The van der Waals surface area contributed by atoms with Crippen LogP contribution in [0.15, 0.2) is 60.7 Å². The van der Waals surface area contributed by atoms with Gasteiger partial charge in [0.1, 0.15) is 5.75 Å². The van der Waals surface area contributed by atoms with E-state index in [-0.39, 0.29) is 12.1 Å². The van der Waals surface area contributed by atoms with Gasteiger partial charge in [-0.15, -0.1) is 0 Å². The summed E-state index contributed by atoms with van der Waals surface area (Å²) in [7, 11) is 1.49. The van der Waals surface area contributed by atoms with Crippen molar-refractivity contribution in [3.8, 4) is 5.75 Å². The van der Waals surface area contributed by atoms with E-state index in [1.807, 2.05) is 41.3 Å². The van der Waals surface area contributed by atoms with Crippen molar-refractivity contribution in [3.05, 3.63) is 87.5 Å². The molecule has 1 aliphatic carbocycles. The molecule has 3 N–H and O–H groups in total. The number of thiocarbonyl (C=S) groups is 1. The molecule has 180 valence electrons. The van der Waals surface area contributed by atoms with Gasteiger partial charge in [-0.25, -0.2) is 0 Å². The highest BCUT2D eigenvalue weighted by Crippen LogP contribution is 2.38. The molecule has 0 radical (unpaired) electrons. The average molecular weight is 491 g/mol. The maximum atomic E-state index is 11.8. The molecule has 3 aromatic carbocycles. The van der Waals surface area contributed by atoms with E-state index in [2.05, 4.69) is 11.4 Å². The van der Waals surface area contributed by atoms with Gasteiger partial charge in [-0.2, -0.15) is 0 Å². The fraction of sp³-hybridized carbons (Fsp3) is 0.231. The number of anilines is 3. The van der Waals surface area contributed by atoms with Crippen LogP contribution in [0.2, 0.25) is 0 Å². The van der Waals surface area contributed by atoms with Crippen molar-refractivity contribution in [2.45, 2.75) is 32.1 Å². The van der Waals surface area contributed by atoms with Crippen molar-refractivity contribution in [2.24, 2.45) is 5.73 Å². The van der Waals surface area contributed by atoms with Crippen LogP contribution in [-0.2, 0) is 24.1 Å². The molecule has 0 bridgehead atoms. The Morgan fingerprint density at radius 1 is 1.11 bits per heavy atom. The lowest BCUT2D eigenvalue weighted by atomic mass is 9.90. The predicted molar refractivity (Wildman–Crippen MR) is 140 cm³/mol. The van der Waals surface area contributed by atoms with Gasteiger partial charge >= 0.3 is 0 Å². The highest BCUT2D eigenvalue weighted by molar-refractivity contribution is 7.80. The van der Waals surface area contributed by atoms with Crippen LogP contribution < -0.4 is 20.7 Å². The van der Waals surface area contributed by atoms with Gasteiger partial charge in [0.25, 0.3) is 5.69 Å². The number of ether oxygens (including phenoxy) is 1. The number of rotatable bonds is 7. The lowest BCUT2D eigenvalue weighted by Crippen LogP contribution is -2.33. The minimum atomic E-state index is -0.471. The lowest BCUT2D eigenvalue weighted by molar-refractivity contribution is -0.384. The molecule has 8 nitrogen and oxygen atoms in total. The molecule has 1 amide bonds. The SMILES string of the molecule is COc1ccc([N+](=O)[O-])cc1NC(=S)N(c1ccccc1CC(N)=O)c1cccc2c1CCCC2. The summed E-state index contributed by atoms with van der Waals surface area (Å²) in [6.07, 6.45) is 4.13. The van der Waals surface area contributed by atoms with E-state index in [4.69, 9.17) is 22.7 Å². The summed E-state index contributed by atoms with van der Waals surface area (Å²) in [4.78, 5) is 24.6. The van der Waals surface area contributed by atoms with Gasteiger partial charge in [-0.05, 0) is 72.8 Å². The van der Waals surface area contributed by atoms with Crippen molar-refractivity contribution in [1.82, 2.24) is 0 Å². The van der Waals surface area contributed by atoms with Gasteiger partial charge in [-0.3, -0.25) is 19.8 Å². The number of nitro benzene ring substituents is 1. The first kappa shape index (κ1) is 24.2. The zero-order chi connectivity index (χ0) is 24.9. The molecule has 0 heterocycles. The Bertz CT molecular complexity index is 1290. The number of nitrogens with two attached hydrogens (primary N) is 1. The molecule has 0 aromatic heterocycles. The average Bonchev–Trinajstić information content (AvgIpc) is 2.85. The molecule has 35 heavy (non-hydrogen) atoms. The summed E-state index contributed by atoms with van der Waals surface area (Å²) >= 11 is 5.89. The molecule has 9 heteroatoms. The van der Waals surface area contributed by atoms with Crippen LogP contribution in [0, 0.1) is 10.1 Å². The van der Waals surface area contributed by atoms with Crippen LogP contribution in [0.5, 0.6) is 5.75 Å². The number of carbonyl (C=O) groups excluding carboxylic acids is 1. The molecule has 3 aromatic rings. The Kier molecular flexibility index (Phi) is 7.26. The summed E-state index contributed by atoms with van der Waals surface area (Å²) in [5, 5.41) is 14.8. The zero-order valence-electron chi connectivity index (χ0n) is 19.3. The monoisotopic (exact) mass is 490 g/mol. The summed E-state index contributed by atoms with van der Waals surface area (Å²) in [5.74, 6) is -0.0369. The molecule has 0 unspecified atom stereocenters. The number of hydrogen-bond donors (Lipinski definition) is 2. The Hall–Kier alpha value is -3.98. The van der Waals surface area contributed by atoms with Gasteiger partial charge in [0.2, 0.25) is 5.91 Å². The highest BCUT2D eigenvalue weighted by Gasteiger charge is 2.25. The minimum Gasteiger partial charge on any atom is -0.495 e. The second-order valence-corrected chi connectivity index (χ2v) is 8.69. The topological polar surface area (TPSA) is 111 Å². The van der Waals surface area contributed by atoms with Crippen LogP contribution in [0.3, 0.4) is 0 Å². The van der Waals surface area contributed by atoms with Crippen LogP contribution in [0.4, 0.5) is 22.7 Å². The van der Waals surface area contributed by atoms with E-state index in [0.717, 1.165) is 36.9 Å². The van der Waals surface area contributed by atoms with Crippen LogP contribution in [-0.4, -0.2) is 23.1 Å². The summed E-state index contributed by atoms with van der Waals surface area (Å²) < 4.78 is 5.41. The van der Waals surface area contributed by atoms with Gasteiger partial charge in [0.05, 0.1) is 35.5 Å². The van der Waals surface area contributed by atoms with E-state index in [0.29, 0.717) is 22.2 Å². The molecule has 0 aliphatic heterocycles. The number of hydrogen-bond acceptors (Lipinski definition) is 5. The quantitative estimate of drug-likeness (QED) is 0.271. The van der Waals surface area contributed by atoms with E-state index >= 15 is 0 Å². The minimum absolute atomic E-state index is 0.0461. The van der Waals surface area contributed by atoms with Crippen molar-refractivity contribution >= 4 is 46.0 Å². The third kappa shape index (κ3) is 5.25. The number of amides is 1. The lowest BCUT2D eigenvalue weighted by Gasteiger charge is -2.32. The zero-order valence-corrected chi connectivity index (χ0v) is 20.1. The van der Waals surface area contributed by atoms with Crippen molar-refractivity contribution in [1.29, 1.82) is 0 Å². The maximum absolute atomic E-state index is 11.8. The summed E-state index contributed by atoms with van der Waals surface area (Å²) in [5.41, 5.74) is 10.6. The molecule has 0 saturated carbocycles.